The average Bonchev–Trinajstić information content (AvgIpc) is 2.46. The molecule has 4 heteroatoms. The third kappa shape index (κ3) is 1.72. The molecule has 18 heavy (non-hydrogen) atoms. The number of hydrogen-bond acceptors (Lipinski definition) is 4. The third-order valence-electron chi connectivity index (χ3n) is 3.06. The molecule has 0 aliphatic carbocycles. The van der Waals surface area contributed by atoms with Gasteiger partial charge >= 0.3 is 0 Å². The summed E-state index contributed by atoms with van der Waals surface area (Å²) in [5.41, 5.74) is 2.65. The second-order valence-corrected chi connectivity index (χ2v) is 4.13. The number of fused-ring (bicyclic) bond motifs is 1. The van der Waals surface area contributed by atoms with Gasteiger partial charge in [0, 0.05) is 24.8 Å². The molecule has 0 unspecified atom stereocenters. The highest BCUT2D eigenvalue weighted by atomic mass is 16.1. The summed E-state index contributed by atoms with van der Waals surface area (Å²) in [6.07, 6.45) is 2.66. The first-order valence-corrected chi connectivity index (χ1v) is 5.91. The first-order valence-electron chi connectivity index (χ1n) is 5.91. The summed E-state index contributed by atoms with van der Waals surface area (Å²) in [5.74, 6) is 0.865. The molecular formula is C14H13N3O. The van der Waals surface area contributed by atoms with Gasteiger partial charge in [0.25, 0.3) is 0 Å². The highest BCUT2D eigenvalue weighted by molar-refractivity contribution is 5.88. The molecule has 90 valence electrons. The van der Waals surface area contributed by atoms with Crippen LogP contribution in [-0.4, -0.2) is 24.4 Å². The molecule has 1 aliphatic heterocycles. The third-order valence-corrected chi connectivity index (χ3v) is 3.06. The molecule has 2 aromatic rings. The lowest BCUT2D eigenvalue weighted by molar-refractivity contribution is 0.112. The summed E-state index contributed by atoms with van der Waals surface area (Å²) in [6, 6.07) is 11.5. The van der Waals surface area contributed by atoms with E-state index < -0.39 is 0 Å². The van der Waals surface area contributed by atoms with Crippen molar-refractivity contribution in [1.29, 1.82) is 0 Å². The molecule has 3 rings (SSSR count). The first kappa shape index (κ1) is 10.8. The van der Waals surface area contributed by atoms with Gasteiger partial charge in [0.15, 0.2) is 6.29 Å². The molecule has 0 atom stereocenters. The zero-order valence-corrected chi connectivity index (χ0v) is 9.84. The number of benzene rings is 1. The van der Waals surface area contributed by atoms with E-state index in [1.165, 1.54) is 0 Å². The van der Waals surface area contributed by atoms with E-state index in [-0.39, 0.29) is 0 Å². The van der Waals surface area contributed by atoms with E-state index in [2.05, 4.69) is 15.2 Å². The van der Waals surface area contributed by atoms with Crippen LogP contribution in [0.4, 0.5) is 17.2 Å². The molecule has 1 N–H and O–H groups in total. The van der Waals surface area contributed by atoms with Crippen molar-refractivity contribution in [2.45, 2.75) is 0 Å². The Hall–Kier alpha value is -2.36. The fraction of sp³-hybridized carbons (Fsp3) is 0.143. The van der Waals surface area contributed by atoms with Gasteiger partial charge in [-0.1, -0.05) is 12.1 Å². The van der Waals surface area contributed by atoms with Crippen LogP contribution in [-0.2, 0) is 0 Å². The van der Waals surface area contributed by atoms with Gasteiger partial charge in [-0.3, -0.25) is 4.79 Å². The summed E-state index contributed by atoms with van der Waals surface area (Å²) in [6.45, 7) is 1.64. The summed E-state index contributed by atoms with van der Waals surface area (Å²) >= 11 is 0. The van der Waals surface area contributed by atoms with Crippen LogP contribution < -0.4 is 10.2 Å². The number of para-hydroxylation sites is 1. The van der Waals surface area contributed by atoms with Crippen LogP contribution in [0.1, 0.15) is 10.4 Å². The molecule has 0 saturated heterocycles. The van der Waals surface area contributed by atoms with Gasteiger partial charge in [-0.25, -0.2) is 4.98 Å². The van der Waals surface area contributed by atoms with Gasteiger partial charge in [-0.05, 0) is 24.3 Å². The number of nitrogens with one attached hydrogen (secondary N) is 1. The predicted octanol–water partition coefficient (Wildman–Crippen LogP) is 2.46. The average molecular weight is 239 g/mol. The highest BCUT2D eigenvalue weighted by Crippen LogP contribution is 2.34. The Labute approximate surface area is 105 Å². The lowest BCUT2D eigenvalue weighted by Crippen LogP contribution is -2.31. The fourth-order valence-corrected chi connectivity index (χ4v) is 2.24. The van der Waals surface area contributed by atoms with Crippen molar-refractivity contribution in [3.05, 3.63) is 48.2 Å². The Kier molecular flexibility index (Phi) is 2.68. The summed E-state index contributed by atoms with van der Waals surface area (Å²) in [4.78, 5) is 17.6. The zero-order valence-electron chi connectivity index (χ0n) is 9.84. The van der Waals surface area contributed by atoms with E-state index in [1.54, 1.807) is 6.20 Å². The zero-order chi connectivity index (χ0) is 12.4. The first-order chi connectivity index (χ1) is 8.90. The van der Waals surface area contributed by atoms with E-state index in [1.807, 2.05) is 36.4 Å². The monoisotopic (exact) mass is 239 g/mol. The highest BCUT2D eigenvalue weighted by Gasteiger charge is 2.20. The number of carbonyl (C=O) groups excluding carboxylic acids is 1. The van der Waals surface area contributed by atoms with Crippen molar-refractivity contribution < 1.29 is 4.79 Å². The molecule has 0 amide bonds. The number of anilines is 3. The lowest BCUT2D eigenvalue weighted by atomic mass is 10.1. The molecule has 0 radical (unpaired) electrons. The van der Waals surface area contributed by atoms with Crippen molar-refractivity contribution in [2.75, 3.05) is 23.3 Å². The number of hydrogen-bond donors (Lipinski definition) is 1. The largest absolute Gasteiger partial charge is 0.367 e. The van der Waals surface area contributed by atoms with Gasteiger partial charge in [-0.2, -0.15) is 0 Å². The minimum atomic E-state index is 0.703. The van der Waals surface area contributed by atoms with Crippen LogP contribution in [0, 0.1) is 0 Å². The molecule has 2 heterocycles. The predicted molar refractivity (Wildman–Crippen MR) is 71.6 cm³/mol. The van der Waals surface area contributed by atoms with Crippen LogP contribution in [0.15, 0.2) is 42.6 Å². The SMILES string of the molecule is O=Cc1ccccc1N1CCNc2ncccc21. The molecule has 1 aromatic heterocycles. The molecular weight excluding hydrogens is 226 g/mol. The molecule has 1 aromatic carbocycles. The molecule has 0 fully saturated rings. The Morgan fingerprint density at radius 1 is 1.17 bits per heavy atom. The van der Waals surface area contributed by atoms with Gasteiger partial charge in [0.2, 0.25) is 0 Å². The van der Waals surface area contributed by atoms with E-state index in [0.717, 1.165) is 36.6 Å². The number of nitrogens with zero attached hydrogens (tertiary/aromatic N) is 2. The normalized spacial score (nSPS) is 13.7. The van der Waals surface area contributed by atoms with Gasteiger partial charge in [0.1, 0.15) is 5.82 Å². The van der Waals surface area contributed by atoms with Gasteiger partial charge in [0.05, 0.1) is 11.4 Å². The van der Waals surface area contributed by atoms with E-state index in [9.17, 15) is 4.79 Å². The topological polar surface area (TPSA) is 45.2 Å². The minimum absolute atomic E-state index is 0.703. The lowest BCUT2D eigenvalue weighted by Gasteiger charge is -2.31. The van der Waals surface area contributed by atoms with Crippen LogP contribution in [0.5, 0.6) is 0 Å². The molecule has 0 spiro atoms. The Bertz CT molecular complexity index is 583. The molecule has 4 nitrogen and oxygen atoms in total. The number of rotatable bonds is 2. The van der Waals surface area contributed by atoms with Gasteiger partial charge in [-0.15, -0.1) is 0 Å². The maximum atomic E-state index is 11.1. The van der Waals surface area contributed by atoms with Crippen molar-refractivity contribution in [3.63, 3.8) is 0 Å². The maximum Gasteiger partial charge on any atom is 0.152 e. The quantitative estimate of drug-likeness (QED) is 0.818. The van der Waals surface area contributed by atoms with Crippen molar-refractivity contribution in [1.82, 2.24) is 4.98 Å². The number of pyridine rings is 1. The van der Waals surface area contributed by atoms with E-state index in [4.69, 9.17) is 0 Å². The van der Waals surface area contributed by atoms with Crippen LogP contribution in [0.2, 0.25) is 0 Å². The van der Waals surface area contributed by atoms with Gasteiger partial charge < -0.3 is 10.2 Å². The Balaban J connectivity index is 2.11. The number of aldehydes is 1. The van der Waals surface area contributed by atoms with Crippen LogP contribution >= 0.6 is 0 Å². The van der Waals surface area contributed by atoms with Crippen LogP contribution in [0.25, 0.3) is 0 Å². The summed E-state index contributed by atoms with van der Waals surface area (Å²) < 4.78 is 0. The number of carbonyl (C=O) groups is 1. The second-order valence-electron chi connectivity index (χ2n) is 4.13. The summed E-state index contributed by atoms with van der Waals surface area (Å²) in [7, 11) is 0. The standard InChI is InChI=1S/C14H13N3O/c18-10-11-4-1-2-5-12(11)17-9-8-16-14-13(17)6-3-7-15-14/h1-7,10H,8-9H2,(H,15,16). The molecule has 0 saturated carbocycles. The van der Waals surface area contributed by atoms with E-state index >= 15 is 0 Å². The fourth-order valence-electron chi connectivity index (χ4n) is 2.24. The van der Waals surface area contributed by atoms with Crippen molar-refractivity contribution >= 4 is 23.5 Å². The molecule has 0 bridgehead atoms. The second kappa shape index (κ2) is 4.49. The molecule has 1 aliphatic rings. The summed E-state index contributed by atoms with van der Waals surface area (Å²) in [5, 5.41) is 3.26. The smallest absolute Gasteiger partial charge is 0.152 e. The maximum absolute atomic E-state index is 11.1. The van der Waals surface area contributed by atoms with E-state index in [0.29, 0.717) is 5.56 Å². The van der Waals surface area contributed by atoms with Crippen LogP contribution in [0.3, 0.4) is 0 Å². The number of aromatic nitrogens is 1. The Morgan fingerprint density at radius 3 is 2.89 bits per heavy atom. The van der Waals surface area contributed by atoms with Crippen molar-refractivity contribution in [3.8, 4) is 0 Å². The Morgan fingerprint density at radius 2 is 2.00 bits per heavy atom. The minimum Gasteiger partial charge on any atom is -0.367 e. The van der Waals surface area contributed by atoms with Crippen molar-refractivity contribution in [2.24, 2.45) is 0 Å².